The predicted molar refractivity (Wildman–Crippen MR) is 83.8 cm³/mol. The van der Waals surface area contributed by atoms with E-state index >= 15 is 0 Å². The van der Waals surface area contributed by atoms with Crippen LogP contribution < -0.4 is 0 Å². The number of benzene rings is 2. The van der Waals surface area contributed by atoms with E-state index in [1.807, 2.05) is 37.3 Å². The molecule has 0 fully saturated rings. The zero-order valence-electron chi connectivity index (χ0n) is 11.4. The lowest BCUT2D eigenvalue weighted by Crippen LogP contribution is -1.96. The highest BCUT2D eigenvalue weighted by atomic mass is 32.2. The average molecular weight is 321 g/mol. The molecule has 2 aromatic rings. The average Bonchev–Trinajstić information content (AvgIpc) is 2.46. The lowest BCUT2D eigenvalue weighted by atomic mass is 10.2. The van der Waals surface area contributed by atoms with Crippen LogP contribution in [-0.2, 0) is 10.1 Å². The molecule has 21 heavy (non-hydrogen) atoms. The first-order valence-corrected chi connectivity index (χ1v) is 8.45. The van der Waals surface area contributed by atoms with Crippen molar-refractivity contribution in [1.29, 1.82) is 5.26 Å². The van der Waals surface area contributed by atoms with E-state index in [1.54, 1.807) is 23.9 Å². The fourth-order valence-corrected chi connectivity index (χ4v) is 2.40. The molecule has 2 aromatic carbocycles. The van der Waals surface area contributed by atoms with Crippen LogP contribution in [0.5, 0.6) is 0 Å². The molecule has 0 aromatic heterocycles. The Morgan fingerprint density at radius 1 is 1.10 bits per heavy atom. The minimum Gasteiger partial charge on any atom is -0.282 e. The summed E-state index contributed by atoms with van der Waals surface area (Å²) in [5.41, 5.74) is 0.956. The molecular formula is C15H15NO3S2. The van der Waals surface area contributed by atoms with E-state index in [0.29, 0.717) is 5.75 Å². The second-order valence-corrected chi connectivity index (χ2v) is 6.52. The topological polar surface area (TPSA) is 78.2 Å². The van der Waals surface area contributed by atoms with Crippen molar-refractivity contribution in [2.45, 2.75) is 16.7 Å². The van der Waals surface area contributed by atoms with E-state index in [4.69, 9.17) is 9.81 Å². The van der Waals surface area contributed by atoms with Crippen LogP contribution in [0.3, 0.4) is 0 Å². The molecule has 0 unspecified atom stereocenters. The second kappa shape index (κ2) is 8.47. The molecule has 0 heterocycles. The predicted octanol–water partition coefficient (Wildman–Crippen LogP) is 3.54. The van der Waals surface area contributed by atoms with Gasteiger partial charge in [0.15, 0.2) is 0 Å². The van der Waals surface area contributed by atoms with E-state index in [9.17, 15) is 8.42 Å². The largest absolute Gasteiger partial charge is 0.294 e. The SMILES string of the molecule is Cc1ccc(S(=O)(=O)O)cc1.N#CCSc1ccccc1. The minimum absolute atomic E-state index is 0.0666. The van der Waals surface area contributed by atoms with Gasteiger partial charge >= 0.3 is 0 Å². The quantitative estimate of drug-likeness (QED) is 0.691. The van der Waals surface area contributed by atoms with Crippen LogP contribution in [0.4, 0.5) is 0 Å². The van der Waals surface area contributed by atoms with Crippen LogP contribution in [0.15, 0.2) is 64.4 Å². The van der Waals surface area contributed by atoms with Gasteiger partial charge in [0.25, 0.3) is 10.1 Å². The van der Waals surface area contributed by atoms with Crippen LogP contribution in [-0.4, -0.2) is 18.7 Å². The summed E-state index contributed by atoms with van der Waals surface area (Å²) in [5.74, 6) is 0.532. The first kappa shape index (κ1) is 17.2. The first-order chi connectivity index (χ1) is 9.93. The Labute approximate surface area is 129 Å². The molecule has 0 radical (unpaired) electrons. The van der Waals surface area contributed by atoms with Gasteiger partial charge in [0.05, 0.1) is 16.7 Å². The van der Waals surface area contributed by atoms with Crippen LogP contribution >= 0.6 is 11.8 Å². The van der Waals surface area contributed by atoms with Gasteiger partial charge in [-0.15, -0.1) is 11.8 Å². The number of rotatable bonds is 3. The molecule has 110 valence electrons. The molecule has 0 amide bonds. The standard InChI is InChI=1S/C8H7NS.C7H8O3S/c9-6-7-10-8-4-2-1-3-5-8;1-6-2-4-7(5-3-6)11(8,9)10/h1-5H,7H2;2-5H,1H3,(H,8,9,10). The summed E-state index contributed by atoms with van der Waals surface area (Å²) in [7, 11) is -4.02. The second-order valence-electron chi connectivity index (χ2n) is 4.05. The normalized spacial score (nSPS) is 10.1. The molecule has 0 aliphatic rings. The van der Waals surface area contributed by atoms with Gasteiger partial charge in [-0.05, 0) is 31.2 Å². The monoisotopic (exact) mass is 321 g/mol. The van der Waals surface area contributed by atoms with Crippen LogP contribution in [0.1, 0.15) is 5.56 Å². The Morgan fingerprint density at radius 3 is 2.14 bits per heavy atom. The van der Waals surface area contributed by atoms with E-state index < -0.39 is 10.1 Å². The molecule has 0 saturated carbocycles. The number of nitrogens with zero attached hydrogens (tertiary/aromatic N) is 1. The lowest BCUT2D eigenvalue weighted by Gasteiger charge is -1.95. The van der Waals surface area contributed by atoms with Crippen molar-refractivity contribution in [2.24, 2.45) is 0 Å². The fraction of sp³-hybridized carbons (Fsp3) is 0.133. The van der Waals surface area contributed by atoms with E-state index in [0.717, 1.165) is 10.5 Å². The molecule has 0 aliphatic carbocycles. The lowest BCUT2D eigenvalue weighted by molar-refractivity contribution is 0.483. The summed E-state index contributed by atoms with van der Waals surface area (Å²) in [6, 6.07) is 18.0. The molecule has 0 atom stereocenters. The van der Waals surface area contributed by atoms with Gasteiger partial charge in [0.2, 0.25) is 0 Å². The van der Waals surface area contributed by atoms with Crippen molar-refractivity contribution >= 4 is 21.9 Å². The van der Waals surface area contributed by atoms with E-state index in [-0.39, 0.29) is 4.90 Å². The Hall–Kier alpha value is -1.81. The molecule has 0 aliphatic heterocycles. The maximum atomic E-state index is 10.5. The Bertz CT molecular complexity index is 690. The number of hydrogen-bond donors (Lipinski definition) is 1. The van der Waals surface area contributed by atoms with Crippen LogP contribution in [0, 0.1) is 18.3 Å². The third-order valence-corrected chi connectivity index (χ3v) is 4.11. The first-order valence-electron chi connectivity index (χ1n) is 6.02. The van der Waals surface area contributed by atoms with Gasteiger partial charge < -0.3 is 0 Å². The molecular weight excluding hydrogens is 306 g/mol. The van der Waals surface area contributed by atoms with Crippen molar-refractivity contribution in [3.05, 3.63) is 60.2 Å². The third kappa shape index (κ3) is 6.95. The van der Waals surface area contributed by atoms with Gasteiger partial charge in [-0.3, -0.25) is 4.55 Å². The molecule has 1 N–H and O–H groups in total. The van der Waals surface area contributed by atoms with E-state index in [1.165, 1.54) is 12.1 Å². The van der Waals surface area contributed by atoms with Gasteiger partial charge in [-0.1, -0.05) is 35.9 Å². The van der Waals surface area contributed by atoms with E-state index in [2.05, 4.69) is 6.07 Å². The summed E-state index contributed by atoms with van der Waals surface area (Å²) in [6.45, 7) is 1.84. The smallest absolute Gasteiger partial charge is 0.282 e. The molecule has 0 saturated heterocycles. The summed E-state index contributed by atoms with van der Waals surface area (Å²) >= 11 is 1.56. The third-order valence-electron chi connectivity index (χ3n) is 2.37. The summed E-state index contributed by atoms with van der Waals surface area (Å²) < 4.78 is 29.6. The molecule has 4 nitrogen and oxygen atoms in total. The van der Waals surface area contributed by atoms with Gasteiger partial charge in [0.1, 0.15) is 0 Å². The highest BCUT2D eigenvalue weighted by molar-refractivity contribution is 7.99. The number of hydrogen-bond acceptors (Lipinski definition) is 4. The van der Waals surface area contributed by atoms with Gasteiger partial charge in [0, 0.05) is 4.90 Å². The Morgan fingerprint density at radius 2 is 1.67 bits per heavy atom. The maximum Gasteiger partial charge on any atom is 0.294 e. The molecule has 6 heteroatoms. The fourth-order valence-electron chi connectivity index (χ4n) is 1.34. The zero-order chi connectivity index (χ0) is 15.7. The van der Waals surface area contributed by atoms with Crippen LogP contribution in [0.2, 0.25) is 0 Å². The number of aryl methyl sites for hydroxylation is 1. The minimum atomic E-state index is -4.02. The summed E-state index contributed by atoms with van der Waals surface area (Å²) in [4.78, 5) is 1.09. The Balaban J connectivity index is 0.000000211. The molecule has 0 bridgehead atoms. The zero-order valence-corrected chi connectivity index (χ0v) is 13.1. The molecule has 2 rings (SSSR count). The number of thioether (sulfide) groups is 1. The van der Waals surface area contributed by atoms with Gasteiger partial charge in [-0.2, -0.15) is 13.7 Å². The van der Waals surface area contributed by atoms with Crippen molar-refractivity contribution < 1.29 is 13.0 Å². The summed E-state index contributed by atoms with van der Waals surface area (Å²) in [6.07, 6.45) is 0. The van der Waals surface area contributed by atoms with Crippen molar-refractivity contribution in [1.82, 2.24) is 0 Å². The van der Waals surface area contributed by atoms with Gasteiger partial charge in [-0.25, -0.2) is 0 Å². The highest BCUT2D eigenvalue weighted by Gasteiger charge is 2.06. The maximum absolute atomic E-state index is 10.5. The summed E-state index contributed by atoms with van der Waals surface area (Å²) in [5, 5.41) is 8.26. The van der Waals surface area contributed by atoms with Crippen molar-refractivity contribution in [3.63, 3.8) is 0 Å². The van der Waals surface area contributed by atoms with Crippen molar-refractivity contribution in [2.75, 3.05) is 5.75 Å². The number of nitriles is 1. The Kier molecular flexibility index (Phi) is 6.96. The van der Waals surface area contributed by atoms with Crippen molar-refractivity contribution in [3.8, 4) is 6.07 Å². The van der Waals surface area contributed by atoms with Crippen LogP contribution in [0.25, 0.3) is 0 Å². The highest BCUT2D eigenvalue weighted by Crippen LogP contribution is 2.15. The molecule has 0 spiro atoms.